The minimum absolute atomic E-state index is 0.207. The maximum atomic E-state index is 13.7. The van der Waals surface area contributed by atoms with Crippen LogP contribution in [0.25, 0.3) is 0 Å². The molecular weight excluding hydrogens is 518 g/mol. The number of benzene rings is 3. The van der Waals surface area contributed by atoms with Crippen molar-refractivity contribution in [3.05, 3.63) is 106 Å². The van der Waals surface area contributed by atoms with Crippen LogP contribution >= 0.6 is 23.4 Å². The predicted octanol–water partition coefficient (Wildman–Crippen LogP) is 6.72. The Balaban J connectivity index is 1.46. The van der Waals surface area contributed by atoms with E-state index in [1.807, 2.05) is 55.5 Å². The van der Waals surface area contributed by atoms with E-state index < -0.39 is 6.04 Å². The lowest BCUT2D eigenvalue weighted by atomic mass is 9.94. The molecule has 4 aromatic rings. The molecule has 0 fully saturated rings. The number of amides is 1. The van der Waals surface area contributed by atoms with E-state index >= 15 is 0 Å². The third-order valence-corrected chi connectivity index (χ3v) is 7.57. The van der Waals surface area contributed by atoms with Crippen molar-refractivity contribution in [3.8, 4) is 5.75 Å². The summed E-state index contributed by atoms with van der Waals surface area (Å²) in [4.78, 5) is 18.4. The first-order valence-electron chi connectivity index (χ1n) is 12.3. The number of carbonyl (C=O) groups excluding carboxylic acids is 1. The number of nitrogens with zero attached hydrogens (tertiary/aromatic N) is 3. The SMILES string of the molecule is CCc1ccc([C@H]2C(C(=O)Nc3ccc(OC)cc3)=C(C)Nc3nc(SCc4ccc(Cl)cc4)nn32)cc1. The van der Waals surface area contributed by atoms with Gasteiger partial charge in [0.2, 0.25) is 11.1 Å². The molecule has 0 unspecified atom stereocenters. The highest BCUT2D eigenvalue weighted by Crippen LogP contribution is 2.37. The molecule has 194 valence electrons. The Hall–Kier alpha value is -3.75. The third-order valence-electron chi connectivity index (χ3n) is 6.41. The van der Waals surface area contributed by atoms with Gasteiger partial charge in [0.15, 0.2) is 0 Å². The Labute approximate surface area is 231 Å². The lowest BCUT2D eigenvalue weighted by Crippen LogP contribution is -2.31. The number of fused-ring (bicyclic) bond motifs is 1. The summed E-state index contributed by atoms with van der Waals surface area (Å²) in [5.74, 6) is 1.82. The molecule has 7 nitrogen and oxygen atoms in total. The van der Waals surface area contributed by atoms with Crippen molar-refractivity contribution in [2.24, 2.45) is 0 Å². The normalized spacial score (nSPS) is 14.6. The standard InChI is InChI=1S/C29H28ClN5O2S/c1-4-19-5-9-21(10-6-19)26-25(27(36)32-23-13-15-24(37-3)16-14-23)18(2)31-28-33-29(34-35(26)28)38-17-20-7-11-22(30)12-8-20/h5-16,26H,4,17H2,1-3H3,(H,32,36)(H,31,33,34)/t26-/m0/s1. The van der Waals surface area contributed by atoms with E-state index in [0.29, 0.717) is 33.1 Å². The summed E-state index contributed by atoms with van der Waals surface area (Å²) in [5.41, 5.74) is 5.31. The fourth-order valence-electron chi connectivity index (χ4n) is 4.33. The van der Waals surface area contributed by atoms with Gasteiger partial charge in [-0.2, -0.15) is 4.98 Å². The number of methoxy groups -OCH3 is 1. The molecule has 1 aliphatic heterocycles. The molecule has 2 heterocycles. The zero-order valence-corrected chi connectivity index (χ0v) is 22.9. The van der Waals surface area contributed by atoms with Gasteiger partial charge in [0, 0.05) is 22.2 Å². The van der Waals surface area contributed by atoms with E-state index in [-0.39, 0.29) is 5.91 Å². The quantitative estimate of drug-likeness (QED) is 0.239. The number of thioether (sulfide) groups is 1. The smallest absolute Gasteiger partial charge is 0.255 e. The summed E-state index contributed by atoms with van der Waals surface area (Å²) in [6.45, 7) is 4.02. The monoisotopic (exact) mass is 545 g/mol. The second kappa shape index (κ2) is 11.3. The summed E-state index contributed by atoms with van der Waals surface area (Å²) in [5, 5.41) is 12.5. The second-order valence-corrected chi connectivity index (χ2v) is 10.3. The molecular formula is C29H28ClN5O2S. The average Bonchev–Trinajstić information content (AvgIpc) is 3.34. The van der Waals surface area contributed by atoms with Crippen molar-refractivity contribution in [2.45, 2.75) is 37.2 Å². The summed E-state index contributed by atoms with van der Waals surface area (Å²) >= 11 is 7.56. The first kappa shape index (κ1) is 25.9. The molecule has 2 N–H and O–H groups in total. The molecule has 1 aliphatic rings. The van der Waals surface area contributed by atoms with Gasteiger partial charge in [0.05, 0.1) is 12.7 Å². The zero-order valence-electron chi connectivity index (χ0n) is 21.4. The van der Waals surface area contributed by atoms with Crippen LogP contribution in [0.4, 0.5) is 11.6 Å². The number of rotatable bonds is 8. The van der Waals surface area contributed by atoms with Gasteiger partial charge in [0.1, 0.15) is 11.8 Å². The number of hydrogen-bond acceptors (Lipinski definition) is 6. The molecule has 1 amide bonds. The van der Waals surface area contributed by atoms with Crippen LogP contribution in [0.1, 0.15) is 36.6 Å². The Morgan fingerprint density at radius 3 is 2.39 bits per heavy atom. The highest BCUT2D eigenvalue weighted by Gasteiger charge is 2.34. The van der Waals surface area contributed by atoms with Crippen LogP contribution in [-0.4, -0.2) is 27.8 Å². The number of hydrogen-bond donors (Lipinski definition) is 2. The molecule has 0 saturated carbocycles. The lowest BCUT2D eigenvalue weighted by Gasteiger charge is -2.28. The van der Waals surface area contributed by atoms with Gasteiger partial charge < -0.3 is 15.4 Å². The molecule has 5 rings (SSSR count). The Morgan fingerprint density at radius 2 is 1.74 bits per heavy atom. The third kappa shape index (κ3) is 5.56. The number of aryl methyl sites for hydroxylation is 1. The van der Waals surface area contributed by atoms with Gasteiger partial charge in [-0.15, -0.1) is 5.10 Å². The maximum absolute atomic E-state index is 13.7. The molecule has 0 radical (unpaired) electrons. The molecule has 1 atom stereocenters. The summed E-state index contributed by atoms with van der Waals surface area (Å²) in [6.07, 6.45) is 0.937. The number of halogens is 1. The minimum atomic E-state index is -0.437. The largest absolute Gasteiger partial charge is 0.497 e. The van der Waals surface area contributed by atoms with Crippen molar-refractivity contribution >= 4 is 40.9 Å². The minimum Gasteiger partial charge on any atom is -0.497 e. The fraction of sp³-hybridized carbons (Fsp3) is 0.207. The van der Waals surface area contributed by atoms with E-state index in [4.69, 9.17) is 26.4 Å². The van der Waals surface area contributed by atoms with Gasteiger partial charge >= 0.3 is 0 Å². The Kier molecular flexibility index (Phi) is 7.72. The highest BCUT2D eigenvalue weighted by atomic mass is 35.5. The molecule has 9 heteroatoms. The average molecular weight is 546 g/mol. The van der Waals surface area contributed by atoms with Crippen LogP contribution in [0, 0.1) is 0 Å². The number of carbonyl (C=O) groups is 1. The van der Waals surface area contributed by atoms with Crippen LogP contribution in [-0.2, 0) is 17.0 Å². The van der Waals surface area contributed by atoms with E-state index in [9.17, 15) is 4.79 Å². The van der Waals surface area contributed by atoms with Crippen LogP contribution in [0.2, 0.25) is 5.02 Å². The van der Waals surface area contributed by atoms with Crippen molar-refractivity contribution in [2.75, 3.05) is 17.7 Å². The molecule has 0 aliphatic carbocycles. The molecule has 0 saturated heterocycles. The van der Waals surface area contributed by atoms with Crippen LogP contribution in [0.3, 0.4) is 0 Å². The number of aromatic nitrogens is 3. The van der Waals surface area contributed by atoms with Crippen molar-refractivity contribution in [1.82, 2.24) is 14.8 Å². The summed E-state index contributed by atoms with van der Waals surface area (Å²) < 4.78 is 7.04. The van der Waals surface area contributed by atoms with E-state index in [2.05, 4.69) is 41.8 Å². The van der Waals surface area contributed by atoms with Gasteiger partial charge in [-0.05, 0) is 66.4 Å². The van der Waals surface area contributed by atoms with Crippen molar-refractivity contribution < 1.29 is 9.53 Å². The highest BCUT2D eigenvalue weighted by molar-refractivity contribution is 7.98. The van der Waals surface area contributed by atoms with Gasteiger partial charge in [-0.1, -0.05) is 66.7 Å². The number of anilines is 2. The van der Waals surface area contributed by atoms with Crippen LogP contribution in [0.5, 0.6) is 5.75 Å². The fourth-order valence-corrected chi connectivity index (χ4v) is 5.24. The van der Waals surface area contributed by atoms with E-state index in [1.54, 1.807) is 11.8 Å². The molecule has 0 spiro atoms. The predicted molar refractivity (Wildman–Crippen MR) is 153 cm³/mol. The lowest BCUT2D eigenvalue weighted by molar-refractivity contribution is -0.113. The maximum Gasteiger partial charge on any atom is 0.255 e. The van der Waals surface area contributed by atoms with Gasteiger partial charge in [0.25, 0.3) is 5.91 Å². The second-order valence-electron chi connectivity index (χ2n) is 8.92. The van der Waals surface area contributed by atoms with Crippen molar-refractivity contribution in [3.63, 3.8) is 0 Å². The van der Waals surface area contributed by atoms with Gasteiger partial charge in [-0.25, -0.2) is 4.68 Å². The van der Waals surface area contributed by atoms with Crippen molar-refractivity contribution in [1.29, 1.82) is 0 Å². The molecule has 1 aromatic heterocycles. The van der Waals surface area contributed by atoms with Crippen LogP contribution < -0.4 is 15.4 Å². The number of allylic oxidation sites excluding steroid dienone is 1. The summed E-state index contributed by atoms with van der Waals surface area (Å²) in [6, 6.07) is 22.9. The van der Waals surface area contributed by atoms with E-state index in [1.165, 1.54) is 17.3 Å². The molecule has 3 aromatic carbocycles. The first-order chi connectivity index (χ1) is 18.4. The first-order valence-corrected chi connectivity index (χ1v) is 13.7. The Bertz CT molecular complexity index is 1460. The number of ether oxygens (including phenoxy) is 1. The topological polar surface area (TPSA) is 81.1 Å². The molecule has 0 bridgehead atoms. The van der Waals surface area contributed by atoms with Crippen LogP contribution in [0.15, 0.2) is 89.2 Å². The van der Waals surface area contributed by atoms with Gasteiger partial charge in [-0.3, -0.25) is 4.79 Å². The Morgan fingerprint density at radius 1 is 1.05 bits per heavy atom. The van der Waals surface area contributed by atoms with E-state index in [0.717, 1.165) is 29.0 Å². The summed E-state index contributed by atoms with van der Waals surface area (Å²) in [7, 11) is 1.61. The number of nitrogens with one attached hydrogen (secondary N) is 2. The molecule has 38 heavy (non-hydrogen) atoms. The zero-order chi connectivity index (χ0) is 26.6.